The number of methoxy groups -OCH3 is 1. The van der Waals surface area contributed by atoms with Crippen LogP contribution in [0.15, 0.2) is 94.1 Å². The molecule has 0 aromatic heterocycles. The Morgan fingerprint density at radius 1 is 0.883 bits per heavy atom. The van der Waals surface area contributed by atoms with Crippen LogP contribution in [0.25, 0.3) is 0 Å². The fourth-order valence-corrected chi connectivity index (χ4v) is 11.7. The number of nitrogens with zero attached hydrogens (tertiary/aromatic N) is 3. The molecule has 3 saturated heterocycles. The first-order valence-corrected chi connectivity index (χ1v) is 24.1. The van der Waals surface area contributed by atoms with Crippen LogP contribution in [-0.4, -0.2) is 123 Å². The van der Waals surface area contributed by atoms with E-state index in [1.54, 1.807) is 24.3 Å². The number of carbonyl (C=O) groups excluding carboxylic acids is 2. The lowest BCUT2D eigenvalue weighted by Crippen LogP contribution is -2.65. The fourth-order valence-electron chi connectivity index (χ4n) is 9.92. The number of benzene rings is 3. The lowest BCUT2D eigenvalue weighted by Gasteiger charge is -2.54. The van der Waals surface area contributed by atoms with Crippen molar-refractivity contribution < 1.29 is 39.9 Å². The van der Waals surface area contributed by atoms with Gasteiger partial charge < -0.3 is 25.2 Å². The highest BCUT2D eigenvalue weighted by Gasteiger charge is 2.54. The molecule has 7 rings (SSSR count). The van der Waals surface area contributed by atoms with E-state index in [0.717, 1.165) is 75.4 Å². The summed E-state index contributed by atoms with van der Waals surface area (Å²) < 4.78 is 86.0. The maximum atomic E-state index is 16.3. The van der Waals surface area contributed by atoms with Crippen molar-refractivity contribution in [1.82, 2.24) is 20.4 Å². The molecule has 3 aliphatic heterocycles. The number of alkyl carbamates (subject to hydrolysis) is 1. The van der Waals surface area contributed by atoms with Gasteiger partial charge in [0.2, 0.25) is 9.84 Å². The van der Waals surface area contributed by atoms with Crippen molar-refractivity contribution >= 4 is 37.4 Å². The van der Waals surface area contributed by atoms with Gasteiger partial charge in [-0.2, -0.15) is 0 Å². The molecule has 3 aromatic carbocycles. The molecule has 4 fully saturated rings. The number of carbonyl (C=O) groups is 2. The van der Waals surface area contributed by atoms with Gasteiger partial charge in [-0.3, -0.25) is 9.69 Å². The molecule has 2 amide bonds. The van der Waals surface area contributed by atoms with E-state index >= 15 is 8.78 Å². The van der Waals surface area contributed by atoms with Crippen molar-refractivity contribution in [3.63, 3.8) is 0 Å². The van der Waals surface area contributed by atoms with Crippen molar-refractivity contribution in [2.24, 2.45) is 11.8 Å². The molecule has 0 bridgehead atoms. The molecule has 1 saturated carbocycles. The highest BCUT2D eigenvalue weighted by atomic mass is 32.2. The number of hydrogen-bond donors (Lipinski definition) is 2. The Hall–Kier alpha value is -4.38. The number of rotatable bonds is 15. The summed E-state index contributed by atoms with van der Waals surface area (Å²) in [6.07, 6.45) is 7.34. The fraction of sp³-hybridized carbons (Fsp3) is 0.500. The molecular formula is C44H55F2N5O7S2. The summed E-state index contributed by atoms with van der Waals surface area (Å²) in [5.74, 6) is -0.541. The maximum absolute atomic E-state index is 16.3. The Morgan fingerprint density at radius 3 is 2.25 bits per heavy atom. The average molecular weight is 868 g/mol. The van der Waals surface area contributed by atoms with Gasteiger partial charge in [0.15, 0.2) is 15.5 Å². The number of hydrogen-bond acceptors (Lipinski definition) is 10. The van der Waals surface area contributed by atoms with Gasteiger partial charge >= 0.3 is 6.09 Å². The minimum Gasteiger partial charge on any atom is -0.453 e. The van der Waals surface area contributed by atoms with Crippen LogP contribution in [0.5, 0.6) is 0 Å². The van der Waals surface area contributed by atoms with Crippen molar-refractivity contribution in [3.05, 3.63) is 101 Å². The van der Waals surface area contributed by atoms with Crippen molar-refractivity contribution in [2.75, 3.05) is 77.2 Å². The van der Waals surface area contributed by atoms with E-state index in [-0.39, 0.29) is 65.2 Å². The van der Waals surface area contributed by atoms with E-state index in [0.29, 0.717) is 18.8 Å². The molecule has 1 unspecified atom stereocenters. The summed E-state index contributed by atoms with van der Waals surface area (Å²) >= 11 is 0. The molecule has 16 heteroatoms. The van der Waals surface area contributed by atoms with Gasteiger partial charge in [0.1, 0.15) is 5.82 Å². The zero-order valence-electron chi connectivity index (χ0n) is 34.2. The van der Waals surface area contributed by atoms with E-state index in [9.17, 15) is 26.4 Å². The van der Waals surface area contributed by atoms with E-state index in [1.807, 2.05) is 4.90 Å². The zero-order valence-corrected chi connectivity index (χ0v) is 35.8. The van der Waals surface area contributed by atoms with Gasteiger partial charge in [0.25, 0.3) is 5.91 Å². The summed E-state index contributed by atoms with van der Waals surface area (Å²) in [5, 5.41) is 6.65. The smallest absolute Gasteiger partial charge is 0.407 e. The van der Waals surface area contributed by atoms with Crippen molar-refractivity contribution in [1.29, 1.82) is 0 Å². The monoisotopic (exact) mass is 867 g/mol. The Morgan fingerprint density at radius 2 is 1.60 bits per heavy atom. The molecule has 324 valence electrons. The lowest BCUT2D eigenvalue weighted by molar-refractivity contribution is 0.00584. The van der Waals surface area contributed by atoms with E-state index in [4.69, 9.17) is 4.74 Å². The second-order valence-electron chi connectivity index (χ2n) is 17.0. The van der Waals surface area contributed by atoms with E-state index in [1.165, 1.54) is 55.7 Å². The normalized spacial score (nSPS) is 22.4. The maximum Gasteiger partial charge on any atom is 0.407 e. The quantitative estimate of drug-likeness (QED) is 0.205. The minimum absolute atomic E-state index is 0.0308. The molecule has 0 radical (unpaired) electrons. The number of ether oxygens (including phenoxy) is 1. The first kappa shape index (κ1) is 43.7. The first-order valence-electron chi connectivity index (χ1n) is 20.7. The molecule has 2 N–H and O–H groups in total. The SMILES string of the molecule is COC(=O)N[C@H]1CCC[C@@H]1C(CN1CCC1)(c1cccc(F)c1)C1CCN(CC2(F)CN(c3ccc(S(=O)(=O)c4cccc(C(=O)NC/C=C/S(C)(=O)=O)c4)cc3)C2)CC1. The van der Waals surface area contributed by atoms with Crippen LogP contribution in [0.1, 0.15) is 54.4 Å². The third-order valence-electron chi connectivity index (χ3n) is 12.9. The van der Waals surface area contributed by atoms with Gasteiger partial charge in [-0.25, -0.2) is 30.4 Å². The largest absolute Gasteiger partial charge is 0.453 e. The molecule has 12 nitrogen and oxygen atoms in total. The highest BCUT2D eigenvalue weighted by Crippen LogP contribution is 2.51. The Kier molecular flexibility index (Phi) is 13.0. The predicted octanol–water partition coefficient (Wildman–Crippen LogP) is 5.36. The summed E-state index contributed by atoms with van der Waals surface area (Å²) in [4.78, 5) is 31.6. The standard InChI is InChI=1S/C44H55F2N5O7S2/c1-58-42(53)48-40-13-5-12-39(40)44(31-49-21-7-22-49,34-9-4-10-35(45)27-34)33-18-23-50(24-19-33)28-43(46)29-51(30-43)36-14-16-37(17-15-36)60(56,57)38-11-3-8-32(26-38)41(52)47-20-6-25-59(2,54)55/h3-4,6,8-11,14-17,25-27,33,39-40H,5,7,12-13,18-24,28-31H2,1-2H3,(H,47,52)(H,48,53)/b25-6+/t39-,40-,44?/m0/s1. The summed E-state index contributed by atoms with van der Waals surface area (Å²) in [6.45, 7) is 4.72. The molecule has 0 spiro atoms. The Labute approximate surface area is 352 Å². The van der Waals surface area contributed by atoms with Crippen molar-refractivity contribution in [2.45, 2.75) is 65.4 Å². The number of nitrogens with one attached hydrogen (secondary N) is 2. The molecule has 3 heterocycles. The lowest BCUT2D eigenvalue weighted by atomic mass is 9.57. The molecule has 3 aromatic rings. The number of likely N-dealkylation sites (tertiary alicyclic amines) is 2. The van der Waals surface area contributed by atoms with E-state index in [2.05, 4.69) is 26.5 Å². The molecule has 3 atom stereocenters. The minimum atomic E-state index is -3.99. The number of alkyl halides is 1. The first-order chi connectivity index (χ1) is 28.6. The van der Waals surface area contributed by atoms with Gasteiger partial charge in [0.05, 0.1) is 30.0 Å². The summed E-state index contributed by atoms with van der Waals surface area (Å²) in [5.41, 5.74) is -0.0696. The van der Waals surface area contributed by atoms with Crippen LogP contribution >= 0.6 is 0 Å². The van der Waals surface area contributed by atoms with Crippen LogP contribution in [0.4, 0.5) is 19.3 Å². The summed E-state index contributed by atoms with van der Waals surface area (Å²) in [6, 6.07) is 18.8. The number of halogens is 2. The molecule has 4 aliphatic rings. The van der Waals surface area contributed by atoms with E-state index < -0.39 is 42.8 Å². The number of anilines is 1. The van der Waals surface area contributed by atoms with Crippen LogP contribution < -0.4 is 15.5 Å². The average Bonchev–Trinajstić information content (AvgIpc) is 3.66. The topological polar surface area (TPSA) is 145 Å². The second kappa shape index (κ2) is 17.9. The van der Waals surface area contributed by atoms with Crippen LogP contribution in [-0.2, 0) is 29.8 Å². The number of sulfone groups is 2. The summed E-state index contributed by atoms with van der Waals surface area (Å²) in [7, 11) is -5.95. The van der Waals surface area contributed by atoms with Crippen molar-refractivity contribution in [3.8, 4) is 0 Å². The predicted molar refractivity (Wildman–Crippen MR) is 226 cm³/mol. The van der Waals surface area contributed by atoms with Gasteiger partial charge in [-0.15, -0.1) is 0 Å². The molecular weight excluding hydrogens is 813 g/mol. The van der Waals surface area contributed by atoms with Crippen LogP contribution in [0.2, 0.25) is 0 Å². The Bertz CT molecular complexity index is 2280. The number of amides is 2. The van der Waals surface area contributed by atoms with Gasteiger partial charge in [-0.1, -0.05) is 30.7 Å². The van der Waals surface area contributed by atoms with Gasteiger partial charge in [-0.05, 0) is 130 Å². The Balaban J connectivity index is 0.982. The van der Waals surface area contributed by atoms with Crippen LogP contribution in [0, 0.1) is 17.7 Å². The molecule has 1 aliphatic carbocycles. The number of piperidine rings is 1. The third-order valence-corrected chi connectivity index (χ3v) is 15.3. The van der Waals surface area contributed by atoms with Gasteiger partial charge in [0, 0.05) is 54.0 Å². The zero-order chi connectivity index (χ0) is 42.7. The second-order valence-corrected chi connectivity index (χ2v) is 20.8. The highest BCUT2D eigenvalue weighted by molar-refractivity contribution is 7.93. The molecule has 60 heavy (non-hydrogen) atoms. The third kappa shape index (κ3) is 9.72. The van der Waals surface area contributed by atoms with Crippen LogP contribution in [0.3, 0.4) is 0 Å².